The molecule has 0 spiro atoms. The van der Waals surface area contributed by atoms with Crippen LogP contribution in [0.3, 0.4) is 0 Å². The largest absolute Gasteiger partial charge is 2.00 e. The molecule has 0 amide bonds. The van der Waals surface area contributed by atoms with Gasteiger partial charge in [-0.1, -0.05) is 6.47 Å². The average molecular weight is 286 g/mol. The second-order valence-electron chi connectivity index (χ2n) is 0.492. The van der Waals surface area contributed by atoms with E-state index in [1.165, 1.54) is 26.8 Å². The summed E-state index contributed by atoms with van der Waals surface area (Å²) in [6, 6.07) is 0. The Hall–Kier alpha value is -0.172. The molecule has 0 heterocycles. The summed E-state index contributed by atoms with van der Waals surface area (Å²) in [6.45, 7) is 2.50. The van der Waals surface area contributed by atoms with Crippen LogP contribution >= 0.6 is 0 Å². The zero-order chi connectivity index (χ0) is 6.12. The van der Waals surface area contributed by atoms with Crippen molar-refractivity contribution in [2.45, 2.75) is 6.92 Å². The number of hydrogen-bond acceptors (Lipinski definition) is 3. The molecular formula is C4H6O3W. The molecule has 0 saturated heterocycles. The van der Waals surface area contributed by atoms with Crippen LogP contribution in [0, 0.1) is 0 Å². The van der Waals surface area contributed by atoms with Crippen LogP contribution in [0.5, 0.6) is 0 Å². The molecule has 8 heavy (non-hydrogen) atoms. The first kappa shape index (κ1) is 15.7. The van der Waals surface area contributed by atoms with Gasteiger partial charge in [-0.2, -0.15) is 6.92 Å². The first-order valence-electron chi connectivity index (χ1n) is 1.52. The Balaban J connectivity index is -0.0000000575. The molecule has 0 radical (unpaired) electrons. The summed E-state index contributed by atoms with van der Waals surface area (Å²) in [5.41, 5.74) is 0. The zero-order valence-corrected chi connectivity index (χ0v) is 7.57. The van der Waals surface area contributed by atoms with Crippen molar-refractivity contribution in [1.82, 2.24) is 0 Å². The second kappa shape index (κ2) is 29.0. The SMILES string of the molecule is CO[C-]=O.C[C-]=O.[W+2]. The molecule has 0 aliphatic heterocycles. The number of rotatable bonds is 1. The Morgan fingerprint density at radius 1 is 1.38 bits per heavy atom. The average Bonchev–Trinajstić information content (AvgIpc) is 1.69. The minimum Gasteiger partial charge on any atom is -0.655 e. The van der Waals surface area contributed by atoms with Crippen LogP contribution in [-0.4, -0.2) is 19.9 Å². The molecule has 0 atom stereocenters. The first-order chi connectivity index (χ1) is 3.33. The Kier molecular flexibility index (Phi) is 56.7. The van der Waals surface area contributed by atoms with E-state index in [-0.39, 0.29) is 21.1 Å². The first-order valence-corrected chi connectivity index (χ1v) is 1.52. The molecule has 0 N–H and O–H groups in total. The summed E-state index contributed by atoms with van der Waals surface area (Å²) in [5, 5.41) is 0. The molecule has 0 rings (SSSR count). The summed E-state index contributed by atoms with van der Waals surface area (Å²) >= 11 is 0. The van der Waals surface area contributed by atoms with Crippen molar-refractivity contribution in [2.24, 2.45) is 0 Å². The van der Waals surface area contributed by atoms with E-state index in [9.17, 15) is 0 Å². The van der Waals surface area contributed by atoms with Gasteiger partial charge in [-0.15, -0.1) is 0 Å². The van der Waals surface area contributed by atoms with Crippen molar-refractivity contribution in [3.8, 4) is 0 Å². The third kappa shape index (κ3) is 198. The van der Waals surface area contributed by atoms with Crippen molar-refractivity contribution in [1.29, 1.82) is 0 Å². The fraction of sp³-hybridized carbons (Fsp3) is 0.500. The summed E-state index contributed by atoms with van der Waals surface area (Å²) in [6.07, 6.45) is 1.50. The molecular weight excluding hydrogens is 280 g/mol. The van der Waals surface area contributed by atoms with Crippen molar-refractivity contribution in [3.63, 3.8) is 0 Å². The minimum absolute atomic E-state index is 0. The van der Waals surface area contributed by atoms with E-state index in [1.807, 2.05) is 0 Å². The standard InChI is InChI=1S/C2H3O2.C2H3O.W/c1-4-2-3;1-2-3;/h1H3;1H3;/q2*-1;+2. The molecule has 0 fully saturated rings. The van der Waals surface area contributed by atoms with Crippen LogP contribution in [0.2, 0.25) is 0 Å². The van der Waals surface area contributed by atoms with E-state index >= 15 is 0 Å². The Labute approximate surface area is 62.7 Å². The molecule has 0 aromatic heterocycles. The fourth-order valence-electron chi connectivity index (χ4n) is 0. The molecule has 0 saturated carbocycles. The molecule has 0 unspecified atom stereocenters. The van der Waals surface area contributed by atoms with Crippen molar-refractivity contribution >= 4 is 12.8 Å². The van der Waals surface area contributed by atoms with E-state index < -0.39 is 0 Å². The van der Waals surface area contributed by atoms with Crippen LogP contribution in [0.15, 0.2) is 0 Å². The van der Waals surface area contributed by atoms with Crippen LogP contribution in [0.4, 0.5) is 0 Å². The number of carbonyl (C=O) groups excluding carboxylic acids is 2. The quantitative estimate of drug-likeness (QED) is 0.628. The van der Waals surface area contributed by atoms with Crippen LogP contribution < -0.4 is 0 Å². The molecule has 0 aliphatic rings. The summed E-state index contributed by atoms with van der Waals surface area (Å²) in [5.74, 6) is 0. The number of ether oxygens (including phenoxy) is 1. The topological polar surface area (TPSA) is 43.4 Å². The number of methoxy groups -OCH3 is 1. The van der Waals surface area contributed by atoms with Gasteiger partial charge in [0.2, 0.25) is 0 Å². The van der Waals surface area contributed by atoms with Gasteiger partial charge in [-0.25, -0.2) is 0 Å². The van der Waals surface area contributed by atoms with E-state index in [0.29, 0.717) is 0 Å². The smallest absolute Gasteiger partial charge is 0.655 e. The third-order valence-electron chi connectivity index (χ3n) is 0.0833. The van der Waals surface area contributed by atoms with Crippen LogP contribution in [-0.2, 0) is 35.4 Å². The summed E-state index contributed by atoms with van der Waals surface area (Å²) in [4.78, 5) is 17.5. The Bertz CT molecular complexity index is 46.5. The minimum atomic E-state index is 0. The van der Waals surface area contributed by atoms with Gasteiger partial charge in [0.05, 0.1) is 0 Å². The van der Waals surface area contributed by atoms with E-state index in [4.69, 9.17) is 9.59 Å². The van der Waals surface area contributed by atoms with Crippen molar-refractivity contribution in [2.75, 3.05) is 7.11 Å². The van der Waals surface area contributed by atoms with Gasteiger partial charge in [0.1, 0.15) is 0 Å². The van der Waals surface area contributed by atoms with Crippen LogP contribution in [0.25, 0.3) is 0 Å². The van der Waals surface area contributed by atoms with Gasteiger partial charge in [0, 0.05) is 7.11 Å². The maximum Gasteiger partial charge on any atom is 2.00 e. The molecule has 0 aliphatic carbocycles. The predicted octanol–water partition coefficient (Wildman–Crippen LogP) is -0.186. The van der Waals surface area contributed by atoms with Gasteiger partial charge >= 0.3 is 21.1 Å². The van der Waals surface area contributed by atoms with Gasteiger partial charge in [-0.05, 0) is 0 Å². The van der Waals surface area contributed by atoms with Crippen LogP contribution in [0.1, 0.15) is 6.92 Å². The van der Waals surface area contributed by atoms with E-state index in [0.717, 1.165) is 0 Å². The summed E-state index contributed by atoms with van der Waals surface area (Å²) < 4.78 is 3.74. The maximum absolute atomic E-state index is 8.83. The molecule has 0 aromatic carbocycles. The molecule has 3 nitrogen and oxygen atoms in total. The summed E-state index contributed by atoms with van der Waals surface area (Å²) in [7, 11) is 1.26. The fourth-order valence-corrected chi connectivity index (χ4v) is 0. The maximum atomic E-state index is 8.83. The van der Waals surface area contributed by atoms with Gasteiger partial charge in [0.15, 0.2) is 0 Å². The van der Waals surface area contributed by atoms with E-state index in [1.54, 1.807) is 0 Å². The second-order valence-corrected chi connectivity index (χ2v) is 0.492. The monoisotopic (exact) mass is 286 g/mol. The molecule has 0 bridgehead atoms. The zero-order valence-electron chi connectivity index (χ0n) is 4.63. The van der Waals surface area contributed by atoms with Crippen molar-refractivity contribution < 1.29 is 35.4 Å². The molecule has 0 aromatic rings. The van der Waals surface area contributed by atoms with E-state index in [2.05, 4.69) is 4.74 Å². The van der Waals surface area contributed by atoms with Gasteiger partial charge < -0.3 is 14.3 Å². The predicted molar refractivity (Wildman–Crippen MR) is 24.1 cm³/mol. The van der Waals surface area contributed by atoms with Gasteiger partial charge in [-0.3, -0.25) is 6.29 Å². The Morgan fingerprint density at radius 2 is 1.50 bits per heavy atom. The number of hydrogen-bond donors (Lipinski definition) is 0. The molecule has 46 valence electrons. The van der Waals surface area contributed by atoms with Crippen molar-refractivity contribution in [3.05, 3.63) is 0 Å². The molecule has 4 heteroatoms. The normalized spacial score (nSPS) is 4.25. The Morgan fingerprint density at radius 3 is 1.50 bits per heavy atom. The van der Waals surface area contributed by atoms with Gasteiger partial charge in [0.25, 0.3) is 0 Å². The third-order valence-corrected chi connectivity index (χ3v) is 0.0833.